The van der Waals surface area contributed by atoms with E-state index in [0.29, 0.717) is 6.42 Å². The first-order valence-corrected chi connectivity index (χ1v) is 5.15. The van der Waals surface area contributed by atoms with Crippen LogP contribution in [0.5, 0.6) is 0 Å². The molecule has 0 amide bonds. The Morgan fingerprint density at radius 1 is 1.40 bits per heavy atom. The maximum absolute atomic E-state index is 10.8. The van der Waals surface area contributed by atoms with E-state index in [2.05, 4.69) is 4.74 Å². The highest BCUT2D eigenvalue weighted by atomic mass is 33.1. The minimum Gasteiger partial charge on any atom is -0.390 e. The molecular weight excluding hydrogens is 172 g/mol. The van der Waals surface area contributed by atoms with E-state index < -0.39 is 4.75 Å². The molecule has 2 aliphatic heterocycles. The van der Waals surface area contributed by atoms with Gasteiger partial charge in [0, 0.05) is 5.75 Å². The summed E-state index contributed by atoms with van der Waals surface area (Å²) < 4.78 is 3.48. The molecule has 0 saturated carbocycles. The number of carbonyl (C=O) groups is 2. The van der Waals surface area contributed by atoms with E-state index in [0.717, 1.165) is 5.75 Å². The van der Waals surface area contributed by atoms with Gasteiger partial charge >= 0.3 is 11.9 Å². The molecule has 5 heteroatoms. The van der Waals surface area contributed by atoms with E-state index in [-0.39, 0.29) is 11.9 Å². The topological polar surface area (TPSA) is 43.4 Å². The van der Waals surface area contributed by atoms with Crippen LogP contribution in [0.1, 0.15) is 6.42 Å². The molecule has 2 heterocycles. The van der Waals surface area contributed by atoms with Crippen molar-refractivity contribution in [3.8, 4) is 0 Å². The van der Waals surface area contributed by atoms with Crippen LogP contribution in [0.4, 0.5) is 0 Å². The van der Waals surface area contributed by atoms with Crippen LogP contribution in [0.3, 0.4) is 0 Å². The minimum absolute atomic E-state index is 0.354. The van der Waals surface area contributed by atoms with Crippen molar-refractivity contribution in [1.29, 1.82) is 0 Å². The second-order valence-corrected chi connectivity index (χ2v) is 4.87. The summed E-state index contributed by atoms with van der Waals surface area (Å²) in [6.45, 7) is 0. The van der Waals surface area contributed by atoms with E-state index in [1.807, 2.05) is 0 Å². The number of carbonyl (C=O) groups excluding carboxylic acids is 2. The molecule has 0 bridgehead atoms. The number of cyclic esters (lactones) is 2. The summed E-state index contributed by atoms with van der Waals surface area (Å²) in [5.41, 5.74) is 0. The van der Waals surface area contributed by atoms with Crippen LogP contribution in [0, 0.1) is 0 Å². The Labute approximate surface area is 65.3 Å². The van der Waals surface area contributed by atoms with Crippen LogP contribution < -0.4 is 0 Å². The first kappa shape index (κ1) is 6.54. The Balaban J connectivity index is 2.27. The van der Waals surface area contributed by atoms with Gasteiger partial charge < -0.3 is 4.74 Å². The highest BCUT2D eigenvalue weighted by molar-refractivity contribution is 8.78. The first-order valence-electron chi connectivity index (χ1n) is 2.83. The van der Waals surface area contributed by atoms with Gasteiger partial charge in [-0.25, -0.2) is 9.59 Å². The van der Waals surface area contributed by atoms with Crippen LogP contribution in [-0.2, 0) is 14.3 Å². The lowest BCUT2D eigenvalue weighted by atomic mass is 10.0. The summed E-state index contributed by atoms with van der Waals surface area (Å²) in [5, 5.41) is 0. The minimum atomic E-state index is -0.787. The molecule has 54 valence electrons. The standard InChI is InChI=1S/C5H4O3S2/c6-3-5(4(7)8-3)1-2-9-10-5/h1-2H2. The summed E-state index contributed by atoms with van der Waals surface area (Å²) in [4.78, 5) is 21.6. The van der Waals surface area contributed by atoms with Gasteiger partial charge in [-0.05, 0) is 6.42 Å². The SMILES string of the molecule is O=C1OC(=O)C12CCSS2. The zero-order chi connectivity index (χ0) is 7.19. The van der Waals surface area contributed by atoms with Crippen molar-refractivity contribution in [1.82, 2.24) is 0 Å². The van der Waals surface area contributed by atoms with Gasteiger partial charge in [-0.2, -0.15) is 0 Å². The van der Waals surface area contributed by atoms with Gasteiger partial charge in [0.1, 0.15) is 0 Å². The molecule has 2 fully saturated rings. The molecule has 0 N–H and O–H groups in total. The lowest BCUT2D eigenvalue weighted by molar-refractivity contribution is -0.180. The zero-order valence-electron chi connectivity index (χ0n) is 4.96. The molecular formula is C5H4O3S2. The molecule has 0 aromatic rings. The van der Waals surface area contributed by atoms with Crippen LogP contribution in [-0.4, -0.2) is 22.4 Å². The van der Waals surface area contributed by atoms with E-state index >= 15 is 0 Å². The predicted octanol–water partition coefficient (Wildman–Crippen LogP) is 0.594. The number of rotatable bonds is 0. The molecule has 0 atom stereocenters. The highest BCUT2D eigenvalue weighted by Crippen LogP contribution is 2.52. The second kappa shape index (κ2) is 1.92. The average molecular weight is 176 g/mol. The van der Waals surface area contributed by atoms with Crippen LogP contribution >= 0.6 is 21.6 Å². The lowest BCUT2D eigenvalue weighted by Crippen LogP contribution is -2.55. The molecule has 2 aliphatic rings. The molecule has 0 aromatic heterocycles. The maximum Gasteiger partial charge on any atom is 0.342 e. The summed E-state index contributed by atoms with van der Waals surface area (Å²) in [7, 11) is 2.90. The fourth-order valence-corrected chi connectivity index (χ4v) is 3.90. The summed E-state index contributed by atoms with van der Waals surface area (Å²) in [6, 6.07) is 0. The molecule has 0 aromatic carbocycles. The molecule has 2 rings (SSSR count). The van der Waals surface area contributed by atoms with Crippen molar-refractivity contribution in [3.05, 3.63) is 0 Å². The first-order chi connectivity index (χ1) is 4.76. The Hall–Kier alpha value is -0.160. The Morgan fingerprint density at radius 3 is 2.40 bits per heavy atom. The summed E-state index contributed by atoms with van der Waals surface area (Å²) in [5.74, 6) is 0.158. The average Bonchev–Trinajstić information content (AvgIpc) is 2.37. The van der Waals surface area contributed by atoms with E-state index in [1.165, 1.54) is 10.8 Å². The predicted molar refractivity (Wildman–Crippen MR) is 38.5 cm³/mol. The fraction of sp³-hybridized carbons (Fsp3) is 0.600. The van der Waals surface area contributed by atoms with E-state index in [9.17, 15) is 9.59 Å². The number of hydrogen-bond donors (Lipinski definition) is 0. The smallest absolute Gasteiger partial charge is 0.342 e. The normalized spacial score (nSPS) is 28.4. The largest absolute Gasteiger partial charge is 0.390 e. The van der Waals surface area contributed by atoms with Crippen molar-refractivity contribution in [2.45, 2.75) is 11.2 Å². The van der Waals surface area contributed by atoms with Crippen molar-refractivity contribution in [2.24, 2.45) is 0 Å². The van der Waals surface area contributed by atoms with Crippen molar-refractivity contribution >= 4 is 33.5 Å². The van der Waals surface area contributed by atoms with Crippen molar-refractivity contribution in [3.63, 3.8) is 0 Å². The third kappa shape index (κ3) is 0.594. The van der Waals surface area contributed by atoms with Crippen LogP contribution in [0.2, 0.25) is 0 Å². The quantitative estimate of drug-likeness (QED) is 0.307. The third-order valence-electron chi connectivity index (χ3n) is 1.58. The van der Waals surface area contributed by atoms with Gasteiger partial charge in [0.2, 0.25) is 4.75 Å². The molecule has 0 aliphatic carbocycles. The molecule has 0 unspecified atom stereocenters. The van der Waals surface area contributed by atoms with E-state index in [1.54, 1.807) is 10.8 Å². The maximum atomic E-state index is 10.8. The van der Waals surface area contributed by atoms with Gasteiger partial charge in [-0.3, -0.25) is 0 Å². The van der Waals surface area contributed by atoms with E-state index in [4.69, 9.17) is 0 Å². The summed E-state index contributed by atoms with van der Waals surface area (Å²) >= 11 is 0. The molecule has 0 radical (unpaired) electrons. The number of hydrogen-bond acceptors (Lipinski definition) is 5. The van der Waals surface area contributed by atoms with Crippen LogP contribution in [0.25, 0.3) is 0 Å². The molecule has 1 spiro atoms. The second-order valence-electron chi connectivity index (χ2n) is 2.16. The van der Waals surface area contributed by atoms with Gasteiger partial charge in [0.15, 0.2) is 0 Å². The lowest BCUT2D eigenvalue weighted by Gasteiger charge is -2.29. The monoisotopic (exact) mass is 176 g/mol. The highest BCUT2D eigenvalue weighted by Gasteiger charge is 2.61. The van der Waals surface area contributed by atoms with Gasteiger partial charge in [0.05, 0.1) is 0 Å². The Bertz CT molecular complexity index is 191. The van der Waals surface area contributed by atoms with Crippen LogP contribution in [0.15, 0.2) is 0 Å². The van der Waals surface area contributed by atoms with Crippen molar-refractivity contribution < 1.29 is 14.3 Å². The van der Waals surface area contributed by atoms with Crippen molar-refractivity contribution in [2.75, 3.05) is 5.75 Å². The molecule has 2 saturated heterocycles. The zero-order valence-corrected chi connectivity index (χ0v) is 6.59. The fourth-order valence-electron chi connectivity index (χ4n) is 0.928. The summed E-state index contributed by atoms with van der Waals surface area (Å²) in [6.07, 6.45) is 0.639. The Kier molecular flexibility index (Phi) is 1.25. The Morgan fingerprint density at radius 2 is 2.10 bits per heavy atom. The van der Waals surface area contributed by atoms with Gasteiger partial charge in [0.25, 0.3) is 0 Å². The van der Waals surface area contributed by atoms with Gasteiger partial charge in [-0.1, -0.05) is 21.6 Å². The third-order valence-corrected chi connectivity index (χ3v) is 4.60. The number of ether oxygens (including phenoxy) is 1. The molecule has 3 nitrogen and oxygen atoms in total. The molecule has 10 heavy (non-hydrogen) atoms. The van der Waals surface area contributed by atoms with Gasteiger partial charge in [-0.15, -0.1) is 0 Å². The number of esters is 2.